The lowest BCUT2D eigenvalue weighted by atomic mass is 9.90. The molecule has 1 N–H and O–H groups in total. The summed E-state index contributed by atoms with van der Waals surface area (Å²) in [7, 11) is 1.58. The first kappa shape index (κ1) is 21.5. The van der Waals surface area contributed by atoms with Crippen LogP contribution in [0.15, 0.2) is 78.9 Å². The topological polar surface area (TPSA) is 84.9 Å². The van der Waals surface area contributed by atoms with Crippen molar-refractivity contribution in [2.75, 3.05) is 13.7 Å². The van der Waals surface area contributed by atoms with Crippen molar-refractivity contribution in [3.8, 4) is 11.5 Å². The first-order valence-corrected chi connectivity index (χ1v) is 10.8. The summed E-state index contributed by atoms with van der Waals surface area (Å²) in [5, 5.41) is 6.51. The minimum Gasteiger partial charge on any atom is -0.497 e. The molecule has 0 bridgehead atoms. The van der Waals surface area contributed by atoms with Gasteiger partial charge in [-0.15, -0.1) is 0 Å². The quantitative estimate of drug-likeness (QED) is 0.275. The van der Waals surface area contributed by atoms with Gasteiger partial charge in [-0.1, -0.05) is 48.5 Å². The van der Waals surface area contributed by atoms with Gasteiger partial charge in [0.25, 0.3) is 5.91 Å². The van der Waals surface area contributed by atoms with Crippen molar-refractivity contribution in [1.82, 2.24) is 10.2 Å². The first-order chi connectivity index (χ1) is 16.4. The number of esters is 1. The van der Waals surface area contributed by atoms with Gasteiger partial charge in [-0.25, -0.2) is 9.59 Å². The standard InChI is InChI=1S/C27H22N2O5/c1-27(21-10-7-17-5-3-4-6-19(17)13-21)25(31)29(26(32)28-27)16-24(30)34-23-12-9-18-8-11-22(33-2)14-20(18)15-23/h3-15H,16H2,1-2H3,(H,28,32). The van der Waals surface area contributed by atoms with E-state index in [4.69, 9.17) is 9.47 Å². The maximum Gasteiger partial charge on any atom is 0.331 e. The van der Waals surface area contributed by atoms with Crippen molar-refractivity contribution in [2.24, 2.45) is 0 Å². The summed E-state index contributed by atoms with van der Waals surface area (Å²) in [4.78, 5) is 39.4. The van der Waals surface area contributed by atoms with Crippen molar-refractivity contribution < 1.29 is 23.9 Å². The third-order valence-corrected chi connectivity index (χ3v) is 6.14. The van der Waals surface area contributed by atoms with Gasteiger partial charge in [0, 0.05) is 0 Å². The van der Waals surface area contributed by atoms with Crippen LogP contribution in [-0.4, -0.2) is 36.5 Å². The monoisotopic (exact) mass is 454 g/mol. The fourth-order valence-corrected chi connectivity index (χ4v) is 4.22. The molecule has 34 heavy (non-hydrogen) atoms. The lowest BCUT2D eigenvalue weighted by molar-refractivity contribution is -0.140. The van der Waals surface area contributed by atoms with Crippen molar-refractivity contribution in [3.05, 3.63) is 84.4 Å². The number of rotatable bonds is 5. The van der Waals surface area contributed by atoms with Gasteiger partial charge in [0.05, 0.1) is 7.11 Å². The molecule has 0 saturated carbocycles. The zero-order chi connectivity index (χ0) is 23.9. The molecule has 1 fully saturated rings. The van der Waals surface area contributed by atoms with E-state index in [1.54, 1.807) is 26.2 Å². The molecule has 5 rings (SSSR count). The van der Waals surface area contributed by atoms with E-state index in [0.717, 1.165) is 26.4 Å². The third kappa shape index (κ3) is 3.71. The molecule has 1 aliphatic heterocycles. The fourth-order valence-electron chi connectivity index (χ4n) is 4.22. The highest BCUT2D eigenvalue weighted by Gasteiger charge is 2.49. The highest BCUT2D eigenvalue weighted by Crippen LogP contribution is 2.31. The van der Waals surface area contributed by atoms with Crippen LogP contribution in [0.1, 0.15) is 12.5 Å². The van der Waals surface area contributed by atoms with Gasteiger partial charge in [0.15, 0.2) is 0 Å². The van der Waals surface area contributed by atoms with Crippen LogP contribution in [0.5, 0.6) is 11.5 Å². The molecule has 1 atom stereocenters. The average Bonchev–Trinajstić information content (AvgIpc) is 3.07. The van der Waals surface area contributed by atoms with Crippen LogP contribution < -0.4 is 14.8 Å². The van der Waals surface area contributed by atoms with Crippen LogP contribution in [0.3, 0.4) is 0 Å². The van der Waals surface area contributed by atoms with Crippen molar-refractivity contribution in [1.29, 1.82) is 0 Å². The number of hydrogen-bond acceptors (Lipinski definition) is 5. The predicted octanol–water partition coefficient (Wildman–Crippen LogP) is 4.37. The number of nitrogens with zero attached hydrogens (tertiary/aromatic N) is 1. The number of hydrogen-bond donors (Lipinski definition) is 1. The van der Waals surface area contributed by atoms with Gasteiger partial charge in [-0.3, -0.25) is 9.69 Å². The van der Waals surface area contributed by atoms with E-state index in [1.807, 2.05) is 66.7 Å². The van der Waals surface area contributed by atoms with E-state index < -0.39 is 30.0 Å². The van der Waals surface area contributed by atoms with E-state index in [0.29, 0.717) is 17.1 Å². The predicted molar refractivity (Wildman–Crippen MR) is 128 cm³/mol. The fraction of sp³-hybridized carbons (Fsp3) is 0.148. The Labute approximate surface area is 195 Å². The Morgan fingerprint density at radius 3 is 2.26 bits per heavy atom. The molecule has 1 unspecified atom stereocenters. The highest BCUT2D eigenvalue weighted by atomic mass is 16.5. The molecular formula is C27H22N2O5. The van der Waals surface area contributed by atoms with E-state index in [1.165, 1.54) is 0 Å². The number of methoxy groups -OCH3 is 1. The molecule has 3 amide bonds. The average molecular weight is 454 g/mol. The summed E-state index contributed by atoms with van der Waals surface area (Å²) in [6, 6.07) is 23.5. The number of ether oxygens (including phenoxy) is 2. The SMILES string of the molecule is COc1ccc2ccc(OC(=O)CN3C(=O)NC(C)(c4ccc5ccccc5c4)C3=O)cc2c1. The second-order valence-corrected chi connectivity index (χ2v) is 8.36. The molecule has 0 aromatic heterocycles. The van der Waals surface area contributed by atoms with Gasteiger partial charge >= 0.3 is 12.0 Å². The molecule has 7 nitrogen and oxygen atoms in total. The Balaban J connectivity index is 1.34. The smallest absolute Gasteiger partial charge is 0.331 e. The Bertz CT molecular complexity index is 1460. The van der Waals surface area contributed by atoms with Gasteiger partial charge in [0.2, 0.25) is 0 Å². The van der Waals surface area contributed by atoms with Crippen molar-refractivity contribution >= 4 is 39.5 Å². The minimum absolute atomic E-state index is 0.315. The Kier molecular flexibility index (Phi) is 5.17. The highest BCUT2D eigenvalue weighted by molar-refractivity contribution is 6.09. The number of fused-ring (bicyclic) bond motifs is 2. The van der Waals surface area contributed by atoms with Gasteiger partial charge < -0.3 is 14.8 Å². The van der Waals surface area contributed by atoms with Crippen LogP contribution in [-0.2, 0) is 15.1 Å². The third-order valence-electron chi connectivity index (χ3n) is 6.14. The minimum atomic E-state index is -1.28. The Hall–Kier alpha value is -4.39. The summed E-state index contributed by atoms with van der Waals surface area (Å²) in [6.07, 6.45) is 0. The van der Waals surface area contributed by atoms with Gasteiger partial charge in [-0.05, 0) is 64.4 Å². The molecule has 1 heterocycles. The summed E-state index contributed by atoms with van der Waals surface area (Å²) in [5.74, 6) is -0.222. The van der Waals surface area contributed by atoms with E-state index in [9.17, 15) is 14.4 Å². The largest absolute Gasteiger partial charge is 0.497 e. The molecule has 4 aromatic rings. The molecule has 1 saturated heterocycles. The zero-order valence-electron chi connectivity index (χ0n) is 18.7. The maximum absolute atomic E-state index is 13.2. The second kappa shape index (κ2) is 8.19. The number of urea groups is 1. The molecule has 4 aromatic carbocycles. The number of carbonyl (C=O) groups is 3. The molecule has 170 valence electrons. The van der Waals surface area contributed by atoms with Crippen LogP contribution >= 0.6 is 0 Å². The second-order valence-electron chi connectivity index (χ2n) is 8.36. The van der Waals surface area contributed by atoms with Crippen LogP contribution in [0.4, 0.5) is 4.79 Å². The number of carbonyl (C=O) groups excluding carboxylic acids is 3. The van der Waals surface area contributed by atoms with Crippen LogP contribution in [0, 0.1) is 0 Å². The van der Waals surface area contributed by atoms with E-state index in [-0.39, 0.29) is 0 Å². The molecule has 0 spiro atoms. The molecular weight excluding hydrogens is 432 g/mol. The Morgan fingerprint density at radius 1 is 0.853 bits per heavy atom. The number of nitrogens with one attached hydrogen (secondary N) is 1. The summed E-state index contributed by atoms with van der Waals surface area (Å²) in [6.45, 7) is 1.14. The van der Waals surface area contributed by atoms with Crippen molar-refractivity contribution in [3.63, 3.8) is 0 Å². The van der Waals surface area contributed by atoms with Crippen LogP contribution in [0.25, 0.3) is 21.5 Å². The summed E-state index contributed by atoms with van der Waals surface area (Å²) >= 11 is 0. The lowest BCUT2D eigenvalue weighted by Crippen LogP contribution is -2.42. The molecule has 0 radical (unpaired) electrons. The lowest BCUT2D eigenvalue weighted by Gasteiger charge is -2.22. The Morgan fingerprint density at radius 2 is 1.50 bits per heavy atom. The number of imide groups is 1. The normalized spacial score (nSPS) is 17.8. The first-order valence-electron chi connectivity index (χ1n) is 10.8. The van der Waals surface area contributed by atoms with Crippen molar-refractivity contribution in [2.45, 2.75) is 12.5 Å². The summed E-state index contributed by atoms with van der Waals surface area (Å²) < 4.78 is 10.7. The molecule has 7 heteroatoms. The van der Waals surface area contributed by atoms with Crippen LogP contribution in [0.2, 0.25) is 0 Å². The van der Waals surface area contributed by atoms with Gasteiger partial charge in [0.1, 0.15) is 23.6 Å². The van der Waals surface area contributed by atoms with E-state index in [2.05, 4.69) is 5.32 Å². The summed E-state index contributed by atoms with van der Waals surface area (Å²) in [5.41, 5.74) is -0.634. The number of amides is 3. The molecule has 1 aliphatic rings. The zero-order valence-corrected chi connectivity index (χ0v) is 18.7. The molecule has 0 aliphatic carbocycles. The van der Waals surface area contributed by atoms with E-state index >= 15 is 0 Å². The van der Waals surface area contributed by atoms with Gasteiger partial charge in [-0.2, -0.15) is 0 Å². The number of benzene rings is 4. The maximum atomic E-state index is 13.2.